The lowest BCUT2D eigenvalue weighted by atomic mass is 10.2. The zero-order chi connectivity index (χ0) is 10.7. The molecular weight excluding hydrogens is 186 g/mol. The lowest BCUT2D eigenvalue weighted by Gasteiger charge is -2.08. The summed E-state index contributed by atoms with van der Waals surface area (Å²) >= 11 is 0. The van der Waals surface area contributed by atoms with Gasteiger partial charge in [0.1, 0.15) is 0 Å². The number of nitrogens with one attached hydrogen (secondary N) is 1. The lowest BCUT2D eigenvalue weighted by Crippen LogP contribution is -1.95. The lowest BCUT2D eigenvalue weighted by molar-refractivity contribution is 1.32. The van der Waals surface area contributed by atoms with Crippen LogP contribution in [0.5, 0.6) is 0 Å². The molecule has 0 atom stereocenters. The second kappa shape index (κ2) is 4.00. The normalized spacial score (nSPS) is 9.93. The maximum Gasteiger partial charge on any atom is 0.0591 e. The Morgan fingerprint density at radius 1 is 1.20 bits per heavy atom. The van der Waals surface area contributed by atoms with Crippen molar-refractivity contribution in [2.24, 2.45) is 0 Å². The summed E-state index contributed by atoms with van der Waals surface area (Å²) in [6.07, 6.45) is 3.38. The molecule has 0 saturated heterocycles. The number of rotatable bonds is 2. The molecular formula is C12H13N3. The van der Waals surface area contributed by atoms with Gasteiger partial charge in [0, 0.05) is 11.9 Å². The Bertz CT molecular complexity index is 466. The second-order valence-electron chi connectivity index (χ2n) is 3.45. The van der Waals surface area contributed by atoms with Crippen LogP contribution in [0.25, 0.3) is 0 Å². The first-order valence-corrected chi connectivity index (χ1v) is 4.79. The standard InChI is InChI=1S/C12H13N3/c1-9-4-2-3-5-12(9)15-11-6-10(13)7-14-8-11/h2-8,15H,13H2,1H3. The van der Waals surface area contributed by atoms with E-state index in [1.165, 1.54) is 5.56 Å². The van der Waals surface area contributed by atoms with Crippen molar-refractivity contribution < 1.29 is 0 Å². The number of pyridine rings is 1. The minimum absolute atomic E-state index is 0.661. The third kappa shape index (κ3) is 2.26. The molecule has 0 aliphatic rings. The SMILES string of the molecule is Cc1ccccc1Nc1cncc(N)c1. The summed E-state index contributed by atoms with van der Waals surface area (Å²) in [4.78, 5) is 4.02. The van der Waals surface area contributed by atoms with E-state index >= 15 is 0 Å². The van der Waals surface area contributed by atoms with Gasteiger partial charge in [-0.05, 0) is 24.6 Å². The highest BCUT2D eigenvalue weighted by Crippen LogP contribution is 2.20. The quantitative estimate of drug-likeness (QED) is 0.781. The fraction of sp³-hybridized carbons (Fsp3) is 0.0833. The molecule has 15 heavy (non-hydrogen) atoms. The van der Waals surface area contributed by atoms with Crippen LogP contribution in [-0.2, 0) is 0 Å². The average Bonchev–Trinajstić information content (AvgIpc) is 2.22. The van der Waals surface area contributed by atoms with Crippen LogP contribution in [0, 0.1) is 6.92 Å². The van der Waals surface area contributed by atoms with Crippen LogP contribution in [0.4, 0.5) is 17.1 Å². The summed E-state index contributed by atoms with van der Waals surface area (Å²) in [7, 11) is 0. The van der Waals surface area contributed by atoms with Crippen LogP contribution < -0.4 is 11.1 Å². The minimum Gasteiger partial charge on any atom is -0.397 e. The Kier molecular flexibility index (Phi) is 2.54. The van der Waals surface area contributed by atoms with Crippen molar-refractivity contribution in [3.63, 3.8) is 0 Å². The van der Waals surface area contributed by atoms with Crippen LogP contribution in [0.3, 0.4) is 0 Å². The Balaban J connectivity index is 2.26. The Morgan fingerprint density at radius 2 is 2.00 bits per heavy atom. The molecule has 0 unspecified atom stereocenters. The summed E-state index contributed by atoms with van der Waals surface area (Å²) in [5.41, 5.74) is 9.48. The van der Waals surface area contributed by atoms with E-state index in [0.29, 0.717) is 5.69 Å². The van der Waals surface area contributed by atoms with Crippen LogP contribution >= 0.6 is 0 Å². The van der Waals surface area contributed by atoms with Crippen molar-refractivity contribution in [3.05, 3.63) is 48.3 Å². The Hall–Kier alpha value is -2.03. The number of hydrogen-bond donors (Lipinski definition) is 2. The summed E-state index contributed by atoms with van der Waals surface area (Å²) < 4.78 is 0. The number of aromatic nitrogens is 1. The Morgan fingerprint density at radius 3 is 2.73 bits per heavy atom. The largest absolute Gasteiger partial charge is 0.397 e. The fourth-order valence-electron chi connectivity index (χ4n) is 1.39. The predicted octanol–water partition coefficient (Wildman–Crippen LogP) is 2.72. The van der Waals surface area contributed by atoms with E-state index in [0.717, 1.165) is 11.4 Å². The first-order valence-electron chi connectivity index (χ1n) is 4.79. The van der Waals surface area contributed by atoms with Gasteiger partial charge in [-0.3, -0.25) is 4.98 Å². The number of benzene rings is 1. The number of nitrogens with two attached hydrogens (primary N) is 1. The number of aryl methyl sites for hydroxylation is 1. The van der Waals surface area contributed by atoms with Gasteiger partial charge in [0.05, 0.1) is 17.6 Å². The molecule has 3 heteroatoms. The van der Waals surface area contributed by atoms with Crippen LogP contribution in [0.15, 0.2) is 42.7 Å². The van der Waals surface area contributed by atoms with Crippen LogP contribution in [0.1, 0.15) is 5.56 Å². The first kappa shape index (κ1) is 9.52. The highest BCUT2D eigenvalue weighted by molar-refractivity contribution is 5.64. The van der Waals surface area contributed by atoms with Crippen molar-refractivity contribution in [2.45, 2.75) is 6.92 Å². The second-order valence-corrected chi connectivity index (χ2v) is 3.45. The van der Waals surface area contributed by atoms with Gasteiger partial charge in [0.25, 0.3) is 0 Å². The maximum atomic E-state index is 5.65. The van der Waals surface area contributed by atoms with Gasteiger partial charge in [-0.1, -0.05) is 18.2 Å². The van der Waals surface area contributed by atoms with Gasteiger partial charge in [-0.2, -0.15) is 0 Å². The fourth-order valence-corrected chi connectivity index (χ4v) is 1.39. The van der Waals surface area contributed by atoms with E-state index < -0.39 is 0 Å². The van der Waals surface area contributed by atoms with E-state index in [9.17, 15) is 0 Å². The topological polar surface area (TPSA) is 50.9 Å². The molecule has 3 nitrogen and oxygen atoms in total. The average molecular weight is 199 g/mol. The molecule has 76 valence electrons. The third-order valence-electron chi connectivity index (χ3n) is 2.18. The molecule has 3 N–H and O–H groups in total. The molecule has 0 aliphatic carbocycles. The van der Waals surface area contributed by atoms with Crippen molar-refractivity contribution in [3.8, 4) is 0 Å². The molecule has 0 aliphatic heterocycles. The van der Waals surface area contributed by atoms with E-state index in [2.05, 4.69) is 23.3 Å². The van der Waals surface area contributed by atoms with E-state index in [4.69, 9.17) is 5.73 Å². The molecule has 0 bridgehead atoms. The summed E-state index contributed by atoms with van der Waals surface area (Å²) in [5, 5.41) is 3.27. The molecule has 0 spiro atoms. The van der Waals surface area contributed by atoms with Gasteiger partial charge < -0.3 is 11.1 Å². The van der Waals surface area contributed by atoms with Gasteiger partial charge in [-0.15, -0.1) is 0 Å². The van der Waals surface area contributed by atoms with Crippen molar-refractivity contribution in [2.75, 3.05) is 11.1 Å². The van der Waals surface area contributed by atoms with Crippen molar-refractivity contribution in [1.82, 2.24) is 4.98 Å². The third-order valence-corrected chi connectivity index (χ3v) is 2.18. The van der Waals surface area contributed by atoms with E-state index in [1.807, 2.05) is 24.3 Å². The molecule has 1 aromatic heterocycles. The van der Waals surface area contributed by atoms with Gasteiger partial charge in [-0.25, -0.2) is 0 Å². The molecule has 1 heterocycles. The molecule has 0 saturated carbocycles. The first-order chi connectivity index (χ1) is 7.25. The van der Waals surface area contributed by atoms with Crippen molar-refractivity contribution in [1.29, 1.82) is 0 Å². The van der Waals surface area contributed by atoms with Crippen LogP contribution in [-0.4, -0.2) is 4.98 Å². The smallest absolute Gasteiger partial charge is 0.0591 e. The number of nitrogen functional groups attached to an aromatic ring is 1. The van der Waals surface area contributed by atoms with E-state index in [1.54, 1.807) is 12.4 Å². The zero-order valence-corrected chi connectivity index (χ0v) is 8.57. The van der Waals surface area contributed by atoms with Crippen LogP contribution in [0.2, 0.25) is 0 Å². The number of hydrogen-bond acceptors (Lipinski definition) is 3. The number of anilines is 3. The van der Waals surface area contributed by atoms with Gasteiger partial charge >= 0.3 is 0 Å². The maximum absolute atomic E-state index is 5.65. The molecule has 1 aromatic carbocycles. The summed E-state index contributed by atoms with van der Waals surface area (Å²) in [5.74, 6) is 0. The molecule has 0 amide bonds. The van der Waals surface area contributed by atoms with Gasteiger partial charge in [0.2, 0.25) is 0 Å². The Labute approximate surface area is 89.0 Å². The molecule has 0 radical (unpaired) electrons. The molecule has 0 fully saturated rings. The highest BCUT2D eigenvalue weighted by Gasteiger charge is 1.97. The summed E-state index contributed by atoms with van der Waals surface area (Å²) in [6, 6.07) is 9.95. The minimum atomic E-state index is 0.661. The van der Waals surface area contributed by atoms with Gasteiger partial charge in [0.15, 0.2) is 0 Å². The zero-order valence-electron chi connectivity index (χ0n) is 8.57. The molecule has 2 rings (SSSR count). The number of nitrogens with zero attached hydrogens (tertiary/aromatic N) is 1. The van der Waals surface area contributed by atoms with E-state index in [-0.39, 0.29) is 0 Å². The highest BCUT2D eigenvalue weighted by atomic mass is 14.9. The summed E-state index contributed by atoms with van der Waals surface area (Å²) in [6.45, 7) is 2.06. The monoisotopic (exact) mass is 199 g/mol. The predicted molar refractivity (Wildman–Crippen MR) is 63.1 cm³/mol. The van der Waals surface area contributed by atoms with Crippen molar-refractivity contribution >= 4 is 17.1 Å². The number of para-hydroxylation sites is 1. The molecule has 2 aromatic rings.